The molecule has 0 spiro atoms. The first kappa shape index (κ1) is 19.8. The van der Waals surface area contributed by atoms with Gasteiger partial charge >= 0.3 is 0 Å². The molecule has 2 unspecified atom stereocenters. The number of anilines is 1. The van der Waals surface area contributed by atoms with E-state index in [1.54, 1.807) is 0 Å². The van der Waals surface area contributed by atoms with E-state index in [0.717, 1.165) is 19.5 Å². The van der Waals surface area contributed by atoms with Gasteiger partial charge in [-0.1, -0.05) is 6.92 Å². The number of hydrogen-bond acceptors (Lipinski definition) is 6. The fourth-order valence-corrected chi connectivity index (χ4v) is 4.45. The maximum absolute atomic E-state index is 12.8. The molecule has 1 saturated heterocycles. The summed E-state index contributed by atoms with van der Waals surface area (Å²) >= 11 is 0. The molecule has 0 aliphatic carbocycles. The summed E-state index contributed by atoms with van der Waals surface area (Å²) < 4.78 is 38.9. The van der Waals surface area contributed by atoms with Gasteiger partial charge in [0.2, 0.25) is 10.0 Å². The summed E-state index contributed by atoms with van der Waals surface area (Å²) in [4.78, 5) is 11.4. The predicted molar refractivity (Wildman–Crippen MR) is 95.1 cm³/mol. The van der Waals surface area contributed by atoms with Gasteiger partial charge in [0.15, 0.2) is 6.61 Å². The Balaban J connectivity index is 0.00000225. The number of fused-ring (bicyclic) bond motifs is 1. The Morgan fingerprint density at radius 3 is 2.80 bits per heavy atom. The summed E-state index contributed by atoms with van der Waals surface area (Å²) in [5, 5.41) is 5.87. The second-order valence-electron chi connectivity index (χ2n) is 6.03. The van der Waals surface area contributed by atoms with Crippen molar-refractivity contribution in [3.63, 3.8) is 0 Å². The maximum atomic E-state index is 12.8. The van der Waals surface area contributed by atoms with Gasteiger partial charge in [-0.3, -0.25) is 4.79 Å². The number of rotatable bonds is 4. The number of methoxy groups -OCH3 is 1. The molecule has 25 heavy (non-hydrogen) atoms. The molecule has 0 aromatic heterocycles. The Morgan fingerprint density at radius 1 is 1.36 bits per heavy atom. The third kappa shape index (κ3) is 4.17. The fourth-order valence-electron chi connectivity index (χ4n) is 2.91. The number of carbonyl (C=O) groups is 1. The number of halogens is 1. The van der Waals surface area contributed by atoms with Gasteiger partial charge in [-0.15, -0.1) is 12.4 Å². The quantitative estimate of drug-likeness (QED) is 0.698. The van der Waals surface area contributed by atoms with Crippen molar-refractivity contribution in [3.8, 4) is 11.5 Å². The van der Waals surface area contributed by atoms with Crippen molar-refractivity contribution in [1.82, 2.24) is 10.0 Å². The molecule has 2 heterocycles. The van der Waals surface area contributed by atoms with Gasteiger partial charge in [-0.05, 0) is 25.4 Å². The van der Waals surface area contributed by atoms with E-state index in [1.807, 2.05) is 6.92 Å². The van der Waals surface area contributed by atoms with E-state index in [1.165, 1.54) is 19.2 Å². The van der Waals surface area contributed by atoms with Crippen LogP contribution >= 0.6 is 12.4 Å². The molecule has 1 amide bonds. The van der Waals surface area contributed by atoms with Crippen LogP contribution in [0.2, 0.25) is 0 Å². The smallest absolute Gasteiger partial charge is 0.262 e. The molecule has 140 valence electrons. The third-order valence-electron chi connectivity index (χ3n) is 4.28. The zero-order valence-electron chi connectivity index (χ0n) is 14.0. The highest BCUT2D eigenvalue weighted by molar-refractivity contribution is 7.89. The summed E-state index contributed by atoms with van der Waals surface area (Å²) in [5.41, 5.74) is 0.400. The molecule has 3 N–H and O–H groups in total. The molecule has 10 heteroatoms. The van der Waals surface area contributed by atoms with Crippen molar-refractivity contribution in [1.29, 1.82) is 0 Å². The minimum absolute atomic E-state index is 0. The molecule has 2 atom stereocenters. The zero-order valence-corrected chi connectivity index (χ0v) is 15.6. The van der Waals surface area contributed by atoms with Crippen molar-refractivity contribution in [3.05, 3.63) is 12.1 Å². The lowest BCUT2D eigenvalue weighted by atomic mass is 9.97. The van der Waals surface area contributed by atoms with Crippen molar-refractivity contribution in [2.24, 2.45) is 5.92 Å². The average Bonchev–Trinajstić information content (AvgIpc) is 2.55. The van der Waals surface area contributed by atoms with Crippen LogP contribution in [0.15, 0.2) is 17.0 Å². The summed E-state index contributed by atoms with van der Waals surface area (Å²) in [5.74, 6) is 0.372. The fraction of sp³-hybridized carbons (Fsp3) is 0.533. The number of amides is 1. The van der Waals surface area contributed by atoms with E-state index < -0.39 is 10.0 Å². The molecule has 1 aromatic carbocycles. The number of piperidine rings is 1. The van der Waals surface area contributed by atoms with Gasteiger partial charge in [0, 0.05) is 18.2 Å². The summed E-state index contributed by atoms with van der Waals surface area (Å²) in [7, 11) is -2.39. The molecule has 3 rings (SSSR count). The average molecular weight is 392 g/mol. The van der Waals surface area contributed by atoms with Crippen molar-refractivity contribution in [2.75, 3.05) is 32.1 Å². The van der Waals surface area contributed by atoms with E-state index in [0.29, 0.717) is 11.4 Å². The lowest BCUT2D eigenvalue weighted by Crippen LogP contribution is -2.48. The Labute approximate surface area is 153 Å². The molecule has 2 aliphatic rings. The molecule has 0 bridgehead atoms. The highest BCUT2D eigenvalue weighted by atomic mass is 35.5. The third-order valence-corrected chi connectivity index (χ3v) is 5.79. The minimum Gasteiger partial charge on any atom is -0.495 e. The van der Waals surface area contributed by atoms with E-state index in [2.05, 4.69) is 15.4 Å². The van der Waals surface area contributed by atoms with Gasteiger partial charge in [-0.2, -0.15) is 0 Å². The molecular formula is C15H22ClN3O5S. The monoisotopic (exact) mass is 391 g/mol. The van der Waals surface area contributed by atoms with Gasteiger partial charge in [-0.25, -0.2) is 13.1 Å². The van der Waals surface area contributed by atoms with Crippen LogP contribution in [0.1, 0.15) is 13.3 Å². The standard InChI is InChI=1S/C15H21N3O5S.ClH/c1-9-7-16-4-3-10(9)18-24(20,21)14-6-12-11(5-13(14)22-2)17-15(19)8-23-12;/h5-6,9-10,16,18H,3-4,7-8H2,1-2H3,(H,17,19);1H. The first-order valence-electron chi connectivity index (χ1n) is 7.78. The summed E-state index contributed by atoms with van der Waals surface area (Å²) in [6, 6.07) is 2.71. The van der Waals surface area contributed by atoms with Crippen LogP contribution in [0.3, 0.4) is 0 Å². The van der Waals surface area contributed by atoms with Gasteiger partial charge in [0.05, 0.1) is 12.8 Å². The number of carbonyl (C=O) groups excluding carboxylic acids is 1. The van der Waals surface area contributed by atoms with Crippen LogP contribution in [0.4, 0.5) is 5.69 Å². The van der Waals surface area contributed by atoms with E-state index >= 15 is 0 Å². The van der Waals surface area contributed by atoms with Crippen molar-refractivity contribution in [2.45, 2.75) is 24.3 Å². The maximum Gasteiger partial charge on any atom is 0.262 e. The minimum atomic E-state index is -3.78. The van der Waals surface area contributed by atoms with E-state index in [4.69, 9.17) is 9.47 Å². The van der Waals surface area contributed by atoms with Crippen molar-refractivity contribution >= 4 is 34.0 Å². The summed E-state index contributed by atoms with van der Waals surface area (Å²) in [6.45, 7) is 3.40. The van der Waals surface area contributed by atoms with Gasteiger partial charge < -0.3 is 20.1 Å². The second-order valence-corrected chi connectivity index (χ2v) is 7.72. The first-order valence-corrected chi connectivity index (χ1v) is 9.27. The molecule has 1 fully saturated rings. The Kier molecular flexibility index (Phi) is 6.15. The van der Waals surface area contributed by atoms with Gasteiger partial charge in [0.25, 0.3) is 5.91 Å². The van der Waals surface area contributed by atoms with Crippen LogP contribution in [0.25, 0.3) is 0 Å². The normalized spacial score (nSPS) is 22.9. The largest absolute Gasteiger partial charge is 0.495 e. The molecule has 0 saturated carbocycles. The highest BCUT2D eigenvalue weighted by Gasteiger charge is 2.30. The number of sulfonamides is 1. The zero-order chi connectivity index (χ0) is 17.3. The first-order chi connectivity index (χ1) is 11.4. The molecule has 8 nitrogen and oxygen atoms in total. The Morgan fingerprint density at radius 2 is 2.12 bits per heavy atom. The topological polar surface area (TPSA) is 106 Å². The van der Waals surface area contributed by atoms with Crippen LogP contribution in [-0.4, -0.2) is 47.2 Å². The lowest BCUT2D eigenvalue weighted by Gasteiger charge is -2.30. The SMILES string of the molecule is COc1cc2c(cc1S(=O)(=O)NC1CCNCC1C)OCC(=O)N2.Cl. The van der Waals surface area contributed by atoms with Crippen LogP contribution in [0.5, 0.6) is 11.5 Å². The predicted octanol–water partition coefficient (Wildman–Crippen LogP) is 0.724. The summed E-state index contributed by atoms with van der Waals surface area (Å²) in [6.07, 6.45) is 0.722. The van der Waals surface area contributed by atoms with Crippen LogP contribution in [-0.2, 0) is 14.8 Å². The molecular weight excluding hydrogens is 370 g/mol. The molecule has 2 aliphatic heterocycles. The number of nitrogens with one attached hydrogen (secondary N) is 3. The second kappa shape index (κ2) is 7.77. The van der Waals surface area contributed by atoms with Crippen molar-refractivity contribution < 1.29 is 22.7 Å². The number of hydrogen-bond donors (Lipinski definition) is 3. The van der Waals surface area contributed by atoms with E-state index in [-0.39, 0.29) is 47.5 Å². The Hall–Kier alpha value is -1.55. The number of ether oxygens (including phenoxy) is 2. The van der Waals surface area contributed by atoms with Crippen LogP contribution < -0.4 is 24.8 Å². The Bertz CT molecular complexity index is 756. The van der Waals surface area contributed by atoms with Crippen LogP contribution in [0, 0.1) is 5.92 Å². The molecule has 1 aromatic rings. The highest BCUT2D eigenvalue weighted by Crippen LogP contribution is 2.37. The van der Waals surface area contributed by atoms with E-state index in [9.17, 15) is 13.2 Å². The lowest BCUT2D eigenvalue weighted by molar-refractivity contribution is -0.118. The molecule has 0 radical (unpaired) electrons. The van der Waals surface area contributed by atoms with Gasteiger partial charge in [0.1, 0.15) is 16.4 Å². The number of benzene rings is 1.